The van der Waals surface area contributed by atoms with Crippen molar-refractivity contribution in [2.24, 2.45) is 5.92 Å². The van der Waals surface area contributed by atoms with E-state index < -0.39 is 5.97 Å². The van der Waals surface area contributed by atoms with Crippen LogP contribution in [0, 0.1) is 12.8 Å². The fraction of sp³-hybridized carbons (Fsp3) is 0.533. The first-order chi connectivity index (χ1) is 9.49. The predicted octanol–water partition coefficient (Wildman–Crippen LogP) is 3.74. The Hall–Kier alpha value is -1.23. The zero-order valence-electron chi connectivity index (χ0n) is 11.9. The first-order valence-electron chi connectivity index (χ1n) is 6.62. The van der Waals surface area contributed by atoms with Gasteiger partial charge in [-0.3, -0.25) is 4.79 Å². The number of methoxy groups -OCH3 is 2. The number of benzene rings is 1. The molecule has 0 spiro atoms. The Balaban J connectivity index is 2.48. The molecule has 1 aliphatic carbocycles. The minimum Gasteiger partial charge on any atom is -0.493 e. The minimum atomic E-state index is -0.757. The summed E-state index contributed by atoms with van der Waals surface area (Å²) < 4.78 is 11.6. The lowest BCUT2D eigenvalue weighted by Crippen LogP contribution is -2.11. The van der Waals surface area contributed by atoms with Crippen LogP contribution in [0.15, 0.2) is 10.5 Å². The Morgan fingerprint density at radius 1 is 1.45 bits per heavy atom. The van der Waals surface area contributed by atoms with E-state index >= 15 is 0 Å². The van der Waals surface area contributed by atoms with Crippen LogP contribution < -0.4 is 9.47 Å². The van der Waals surface area contributed by atoms with Crippen LogP contribution in [0.5, 0.6) is 11.5 Å². The average molecular weight is 343 g/mol. The second-order valence-corrected chi connectivity index (χ2v) is 5.98. The summed E-state index contributed by atoms with van der Waals surface area (Å²) in [6.45, 7) is 1.98. The molecule has 4 nitrogen and oxygen atoms in total. The van der Waals surface area contributed by atoms with Gasteiger partial charge in [0, 0.05) is 0 Å². The van der Waals surface area contributed by atoms with Gasteiger partial charge in [0.15, 0.2) is 11.5 Å². The summed E-state index contributed by atoms with van der Waals surface area (Å²) in [5, 5.41) is 9.14. The first kappa shape index (κ1) is 15.2. The van der Waals surface area contributed by atoms with Crippen molar-refractivity contribution in [2.45, 2.75) is 32.1 Å². The number of rotatable bonds is 6. The molecule has 0 radical (unpaired) electrons. The van der Waals surface area contributed by atoms with Crippen LogP contribution in [0.2, 0.25) is 0 Å². The normalized spacial score (nSPS) is 15.8. The first-order valence-corrected chi connectivity index (χ1v) is 7.41. The third-order valence-electron chi connectivity index (χ3n) is 3.88. The zero-order chi connectivity index (χ0) is 14.9. The van der Waals surface area contributed by atoms with Crippen molar-refractivity contribution in [3.05, 3.63) is 21.7 Å². The van der Waals surface area contributed by atoms with Crippen LogP contribution in [0.3, 0.4) is 0 Å². The summed E-state index contributed by atoms with van der Waals surface area (Å²) in [5.41, 5.74) is 2.07. The van der Waals surface area contributed by atoms with Crippen LogP contribution in [0.1, 0.15) is 36.3 Å². The van der Waals surface area contributed by atoms with E-state index in [2.05, 4.69) is 15.9 Å². The van der Waals surface area contributed by atoms with Gasteiger partial charge in [-0.05, 0) is 64.7 Å². The van der Waals surface area contributed by atoms with Crippen molar-refractivity contribution in [2.75, 3.05) is 14.2 Å². The average Bonchev–Trinajstić information content (AvgIpc) is 3.23. The smallest absolute Gasteiger partial charge is 0.303 e. The van der Waals surface area contributed by atoms with E-state index in [-0.39, 0.29) is 12.3 Å². The van der Waals surface area contributed by atoms with Crippen LogP contribution >= 0.6 is 15.9 Å². The van der Waals surface area contributed by atoms with E-state index in [0.29, 0.717) is 17.4 Å². The molecule has 1 N–H and O–H groups in total. The molecule has 0 bridgehead atoms. The molecule has 0 saturated heterocycles. The Kier molecular flexibility index (Phi) is 4.58. The minimum absolute atomic E-state index is 0.0450. The van der Waals surface area contributed by atoms with Crippen molar-refractivity contribution in [3.63, 3.8) is 0 Å². The Morgan fingerprint density at radius 2 is 2.10 bits per heavy atom. The monoisotopic (exact) mass is 342 g/mol. The number of hydrogen-bond donors (Lipinski definition) is 1. The van der Waals surface area contributed by atoms with Crippen LogP contribution in [0.4, 0.5) is 0 Å². The molecule has 0 aliphatic heterocycles. The summed E-state index contributed by atoms with van der Waals surface area (Å²) in [7, 11) is 3.18. The number of hydrogen-bond acceptors (Lipinski definition) is 3. The number of carboxylic acid groups (broad SMARTS) is 1. The number of carboxylic acids is 1. The van der Waals surface area contributed by atoms with E-state index in [1.807, 2.05) is 13.0 Å². The molecule has 0 amide bonds. The highest BCUT2D eigenvalue weighted by Crippen LogP contribution is 2.49. The topological polar surface area (TPSA) is 55.8 Å². The van der Waals surface area contributed by atoms with Gasteiger partial charge < -0.3 is 14.6 Å². The molecular weight excluding hydrogens is 324 g/mol. The van der Waals surface area contributed by atoms with Crippen molar-refractivity contribution in [1.29, 1.82) is 0 Å². The highest BCUT2D eigenvalue weighted by molar-refractivity contribution is 9.10. The van der Waals surface area contributed by atoms with E-state index in [0.717, 1.165) is 28.4 Å². The fourth-order valence-electron chi connectivity index (χ4n) is 2.66. The molecule has 1 unspecified atom stereocenters. The largest absolute Gasteiger partial charge is 0.493 e. The van der Waals surface area contributed by atoms with Gasteiger partial charge >= 0.3 is 5.97 Å². The number of ether oxygens (including phenoxy) is 2. The van der Waals surface area contributed by atoms with Crippen LogP contribution in [-0.2, 0) is 4.79 Å². The fourth-order valence-corrected chi connectivity index (χ4v) is 3.25. The standard InChI is InChI=1S/C15H19BrO4/c1-8-10(11(7-13(17)18)9-4-5-9)6-12(19-2)15(20-3)14(8)16/h6,9,11H,4-5,7H2,1-3H3,(H,17,18). The summed E-state index contributed by atoms with van der Waals surface area (Å²) in [6.07, 6.45) is 2.36. The molecule has 110 valence electrons. The maximum Gasteiger partial charge on any atom is 0.303 e. The van der Waals surface area contributed by atoms with Gasteiger partial charge in [0.05, 0.1) is 25.1 Å². The summed E-state index contributed by atoms with van der Waals surface area (Å²) in [6, 6.07) is 1.92. The third-order valence-corrected chi connectivity index (χ3v) is 4.84. The summed E-state index contributed by atoms with van der Waals surface area (Å²) in [5.74, 6) is 1.04. The second-order valence-electron chi connectivity index (χ2n) is 5.18. The van der Waals surface area contributed by atoms with E-state index in [1.54, 1.807) is 14.2 Å². The summed E-state index contributed by atoms with van der Waals surface area (Å²) in [4.78, 5) is 11.1. The maximum absolute atomic E-state index is 11.1. The lowest BCUT2D eigenvalue weighted by Gasteiger charge is -2.21. The molecule has 5 heteroatoms. The molecule has 2 rings (SSSR count). The summed E-state index contributed by atoms with van der Waals surface area (Å²) >= 11 is 3.53. The zero-order valence-corrected chi connectivity index (χ0v) is 13.5. The maximum atomic E-state index is 11.1. The van der Waals surface area contributed by atoms with Gasteiger partial charge in [0.25, 0.3) is 0 Å². The molecule has 1 atom stereocenters. The number of halogens is 1. The lowest BCUT2D eigenvalue weighted by molar-refractivity contribution is -0.137. The van der Waals surface area contributed by atoms with Gasteiger partial charge in [-0.1, -0.05) is 0 Å². The molecule has 1 aliphatic rings. The molecular formula is C15H19BrO4. The van der Waals surface area contributed by atoms with Gasteiger partial charge in [-0.15, -0.1) is 0 Å². The van der Waals surface area contributed by atoms with Gasteiger partial charge in [0.2, 0.25) is 0 Å². The molecule has 1 aromatic rings. The van der Waals surface area contributed by atoms with E-state index in [1.165, 1.54) is 0 Å². The van der Waals surface area contributed by atoms with Crippen molar-refractivity contribution in [1.82, 2.24) is 0 Å². The Labute approximate surface area is 127 Å². The number of aliphatic carboxylic acids is 1. The van der Waals surface area contributed by atoms with Crippen molar-refractivity contribution >= 4 is 21.9 Å². The molecule has 1 saturated carbocycles. The van der Waals surface area contributed by atoms with Gasteiger partial charge in [-0.25, -0.2) is 0 Å². The SMILES string of the molecule is COc1cc(C(CC(=O)O)C2CC2)c(C)c(Br)c1OC. The van der Waals surface area contributed by atoms with E-state index in [4.69, 9.17) is 14.6 Å². The van der Waals surface area contributed by atoms with Gasteiger partial charge in [0.1, 0.15) is 0 Å². The van der Waals surface area contributed by atoms with Crippen LogP contribution in [0.25, 0.3) is 0 Å². The number of carbonyl (C=O) groups is 1. The Bertz CT molecular complexity index is 523. The molecule has 1 aromatic carbocycles. The molecule has 20 heavy (non-hydrogen) atoms. The van der Waals surface area contributed by atoms with Gasteiger partial charge in [-0.2, -0.15) is 0 Å². The highest BCUT2D eigenvalue weighted by Gasteiger charge is 2.35. The molecule has 0 aromatic heterocycles. The molecule has 1 fully saturated rings. The highest BCUT2D eigenvalue weighted by atomic mass is 79.9. The second kappa shape index (κ2) is 6.04. The lowest BCUT2D eigenvalue weighted by atomic mass is 9.87. The quantitative estimate of drug-likeness (QED) is 0.855. The Morgan fingerprint density at radius 3 is 2.55 bits per heavy atom. The van der Waals surface area contributed by atoms with Crippen LogP contribution in [-0.4, -0.2) is 25.3 Å². The third kappa shape index (κ3) is 2.92. The van der Waals surface area contributed by atoms with Crippen molar-refractivity contribution < 1.29 is 19.4 Å². The molecule has 0 heterocycles. The van der Waals surface area contributed by atoms with Crippen molar-refractivity contribution in [3.8, 4) is 11.5 Å². The predicted molar refractivity (Wildman–Crippen MR) is 79.7 cm³/mol. The van der Waals surface area contributed by atoms with E-state index in [9.17, 15) is 4.79 Å².